The van der Waals surface area contributed by atoms with Gasteiger partial charge in [-0.1, -0.05) is 18.2 Å². The normalized spacial score (nSPS) is 10.1. The van der Waals surface area contributed by atoms with Gasteiger partial charge in [-0.3, -0.25) is 4.79 Å². The lowest BCUT2D eigenvalue weighted by molar-refractivity contribution is -0.145. The van der Waals surface area contributed by atoms with Crippen LogP contribution in [0, 0.1) is 0 Å². The zero-order valence-electron chi connectivity index (χ0n) is 9.43. The number of benzene rings is 1. The quantitative estimate of drug-likeness (QED) is 0.708. The molecule has 0 saturated carbocycles. The van der Waals surface area contributed by atoms with Gasteiger partial charge in [-0.15, -0.1) is 0 Å². The van der Waals surface area contributed by atoms with Crippen molar-refractivity contribution in [2.24, 2.45) is 0 Å². The molecule has 1 rings (SSSR count). The summed E-state index contributed by atoms with van der Waals surface area (Å²) in [5, 5.41) is 0. The number of carbonyl (C=O) groups is 1. The van der Waals surface area contributed by atoms with Crippen molar-refractivity contribution in [1.82, 2.24) is 0 Å². The second-order valence-corrected chi connectivity index (χ2v) is 3.73. The average molecular weight is 207 g/mol. The van der Waals surface area contributed by atoms with E-state index in [0.29, 0.717) is 0 Å². The summed E-state index contributed by atoms with van der Waals surface area (Å²) in [6, 6.07) is 9.76. The lowest BCUT2D eigenvalue weighted by Crippen LogP contribution is -2.28. The fourth-order valence-corrected chi connectivity index (χ4v) is 1.27. The molecular weight excluding hydrogens is 190 g/mol. The summed E-state index contributed by atoms with van der Waals surface area (Å²) in [6.45, 7) is 3.98. The van der Waals surface area contributed by atoms with E-state index in [1.54, 1.807) is 0 Å². The standard InChI is InChI=1S/C12H17NO2/c1-10(2)15-12(14)9-13(3)11-7-5-4-6-8-11/h4-8,10H,9H2,1-3H3. The fourth-order valence-electron chi connectivity index (χ4n) is 1.27. The van der Waals surface area contributed by atoms with Crippen LogP contribution in [0.3, 0.4) is 0 Å². The number of nitrogens with zero attached hydrogens (tertiary/aromatic N) is 1. The van der Waals surface area contributed by atoms with Crippen LogP contribution in [0.2, 0.25) is 0 Å². The first-order chi connectivity index (χ1) is 7.09. The lowest BCUT2D eigenvalue weighted by Gasteiger charge is -2.18. The van der Waals surface area contributed by atoms with E-state index >= 15 is 0 Å². The molecule has 0 amide bonds. The maximum atomic E-state index is 11.4. The molecule has 82 valence electrons. The Bertz CT molecular complexity index is 309. The van der Waals surface area contributed by atoms with Crippen molar-refractivity contribution in [1.29, 1.82) is 0 Å². The first-order valence-electron chi connectivity index (χ1n) is 5.05. The number of esters is 1. The van der Waals surface area contributed by atoms with E-state index in [1.807, 2.05) is 56.1 Å². The summed E-state index contributed by atoms with van der Waals surface area (Å²) < 4.78 is 5.06. The van der Waals surface area contributed by atoms with Crippen LogP contribution >= 0.6 is 0 Å². The van der Waals surface area contributed by atoms with Gasteiger partial charge in [0, 0.05) is 12.7 Å². The fraction of sp³-hybridized carbons (Fsp3) is 0.417. The van der Waals surface area contributed by atoms with Crippen molar-refractivity contribution in [2.75, 3.05) is 18.5 Å². The molecule has 0 unspecified atom stereocenters. The topological polar surface area (TPSA) is 29.5 Å². The van der Waals surface area contributed by atoms with Crippen molar-refractivity contribution in [3.63, 3.8) is 0 Å². The third kappa shape index (κ3) is 4.02. The Hall–Kier alpha value is -1.51. The third-order valence-corrected chi connectivity index (χ3v) is 1.93. The number of hydrogen-bond donors (Lipinski definition) is 0. The molecular formula is C12H17NO2. The maximum Gasteiger partial charge on any atom is 0.325 e. The van der Waals surface area contributed by atoms with E-state index in [4.69, 9.17) is 4.74 Å². The largest absolute Gasteiger partial charge is 0.462 e. The van der Waals surface area contributed by atoms with Gasteiger partial charge in [0.2, 0.25) is 0 Å². The molecule has 0 fully saturated rings. The highest BCUT2D eigenvalue weighted by Gasteiger charge is 2.09. The SMILES string of the molecule is CC(C)OC(=O)CN(C)c1ccccc1. The minimum atomic E-state index is -0.198. The van der Waals surface area contributed by atoms with Crippen LogP contribution in [-0.4, -0.2) is 25.7 Å². The molecule has 3 heteroatoms. The summed E-state index contributed by atoms with van der Waals surface area (Å²) in [7, 11) is 1.87. The number of carbonyl (C=O) groups excluding carboxylic acids is 1. The molecule has 1 aromatic carbocycles. The van der Waals surface area contributed by atoms with Crippen LogP contribution in [0.25, 0.3) is 0 Å². The highest BCUT2D eigenvalue weighted by Crippen LogP contribution is 2.10. The molecule has 0 bridgehead atoms. The number of hydrogen-bond acceptors (Lipinski definition) is 3. The van der Waals surface area contributed by atoms with Crippen molar-refractivity contribution in [2.45, 2.75) is 20.0 Å². The van der Waals surface area contributed by atoms with E-state index in [2.05, 4.69) is 0 Å². The second-order valence-electron chi connectivity index (χ2n) is 3.73. The van der Waals surface area contributed by atoms with Crippen molar-refractivity contribution >= 4 is 11.7 Å². The molecule has 0 aliphatic rings. The van der Waals surface area contributed by atoms with E-state index < -0.39 is 0 Å². The molecule has 0 aliphatic heterocycles. The predicted molar refractivity (Wildman–Crippen MR) is 60.9 cm³/mol. The Labute approximate surface area is 90.7 Å². The molecule has 0 radical (unpaired) electrons. The maximum absolute atomic E-state index is 11.4. The lowest BCUT2D eigenvalue weighted by atomic mass is 10.3. The number of ether oxygens (including phenoxy) is 1. The van der Waals surface area contributed by atoms with Gasteiger partial charge in [0.05, 0.1) is 6.10 Å². The summed E-state index contributed by atoms with van der Waals surface area (Å²) in [5.74, 6) is -0.198. The smallest absolute Gasteiger partial charge is 0.325 e. The predicted octanol–water partition coefficient (Wildman–Crippen LogP) is 2.07. The van der Waals surface area contributed by atoms with Gasteiger partial charge in [-0.05, 0) is 26.0 Å². The van der Waals surface area contributed by atoms with Gasteiger partial charge >= 0.3 is 5.97 Å². The molecule has 0 heterocycles. The highest BCUT2D eigenvalue weighted by atomic mass is 16.5. The van der Waals surface area contributed by atoms with Gasteiger partial charge in [0.15, 0.2) is 0 Å². The summed E-state index contributed by atoms with van der Waals surface area (Å²) in [4.78, 5) is 13.2. The molecule has 0 saturated heterocycles. The Kier molecular flexibility index (Phi) is 4.16. The van der Waals surface area contributed by atoms with Crippen molar-refractivity contribution in [3.05, 3.63) is 30.3 Å². The van der Waals surface area contributed by atoms with Crippen LogP contribution in [0.15, 0.2) is 30.3 Å². The molecule has 15 heavy (non-hydrogen) atoms. The number of para-hydroxylation sites is 1. The number of rotatable bonds is 4. The van der Waals surface area contributed by atoms with E-state index in [1.165, 1.54) is 0 Å². The Balaban J connectivity index is 2.49. The Morgan fingerprint density at radius 1 is 1.33 bits per heavy atom. The van der Waals surface area contributed by atoms with Crippen LogP contribution in [0.5, 0.6) is 0 Å². The minimum Gasteiger partial charge on any atom is -0.462 e. The second kappa shape index (κ2) is 5.39. The molecule has 0 spiro atoms. The summed E-state index contributed by atoms with van der Waals surface area (Å²) in [6.07, 6.45) is -0.0540. The van der Waals surface area contributed by atoms with Crippen LogP contribution in [0.4, 0.5) is 5.69 Å². The minimum absolute atomic E-state index is 0.0540. The van der Waals surface area contributed by atoms with Crippen LogP contribution in [-0.2, 0) is 9.53 Å². The van der Waals surface area contributed by atoms with E-state index in [-0.39, 0.29) is 18.6 Å². The molecule has 0 atom stereocenters. The summed E-state index contributed by atoms with van der Waals surface area (Å²) in [5.41, 5.74) is 1.01. The Morgan fingerprint density at radius 3 is 2.47 bits per heavy atom. The molecule has 0 aliphatic carbocycles. The van der Waals surface area contributed by atoms with Crippen LogP contribution < -0.4 is 4.90 Å². The summed E-state index contributed by atoms with van der Waals surface area (Å²) >= 11 is 0. The van der Waals surface area contributed by atoms with Gasteiger partial charge in [-0.25, -0.2) is 0 Å². The first kappa shape index (κ1) is 11.6. The number of likely N-dealkylation sites (N-methyl/N-ethyl adjacent to an activating group) is 1. The highest BCUT2D eigenvalue weighted by molar-refractivity contribution is 5.75. The zero-order chi connectivity index (χ0) is 11.3. The van der Waals surface area contributed by atoms with Crippen molar-refractivity contribution in [3.8, 4) is 0 Å². The zero-order valence-corrected chi connectivity index (χ0v) is 9.43. The van der Waals surface area contributed by atoms with Crippen molar-refractivity contribution < 1.29 is 9.53 Å². The van der Waals surface area contributed by atoms with Gasteiger partial charge in [-0.2, -0.15) is 0 Å². The van der Waals surface area contributed by atoms with Crippen LogP contribution in [0.1, 0.15) is 13.8 Å². The molecule has 1 aromatic rings. The number of anilines is 1. The Morgan fingerprint density at radius 2 is 1.93 bits per heavy atom. The van der Waals surface area contributed by atoms with E-state index in [0.717, 1.165) is 5.69 Å². The van der Waals surface area contributed by atoms with Gasteiger partial charge in [0.1, 0.15) is 6.54 Å². The molecule has 3 nitrogen and oxygen atoms in total. The monoisotopic (exact) mass is 207 g/mol. The average Bonchev–Trinajstić information content (AvgIpc) is 2.17. The van der Waals surface area contributed by atoms with E-state index in [9.17, 15) is 4.79 Å². The van der Waals surface area contributed by atoms with Gasteiger partial charge in [0.25, 0.3) is 0 Å². The molecule has 0 N–H and O–H groups in total. The third-order valence-electron chi connectivity index (χ3n) is 1.93. The molecule has 0 aromatic heterocycles. The first-order valence-corrected chi connectivity index (χ1v) is 5.05. The van der Waals surface area contributed by atoms with Gasteiger partial charge < -0.3 is 9.64 Å².